The van der Waals surface area contributed by atoms with Crippen molar-refractivity contribution in [2.24, 2.45) is 0 Å². The van der Waals surface area contributed by atoms with Crippen LogP contribution >= 0.6 is 22.7 Å². The maximum Gasteiger partial charge on any atom is 0.0950 e. The number of nitrogens with zero attached hydrogens (tertiary/aromatic N) is 2. The third kappa shape index (κ3) is 6.87. The molecule has 102 valence electrons. The Bertz CT molecular complexity index is 326. The lowest BCUT2D eigenvalue weighted by molar-refractivity contribution is 0.852. The van der Waals surface area contributed by atoms with Gasteiger partial charge in [0.1, 0.15) is 0 Å². The van der Waals surface area contributed by atoms with Crippen LogP contribution in [0.5, 0.6) is 0 Å². The van der Waals surface area contributed by atoms with Crippen LogP contribution in [0.15, 0.2) is 23.2 Å². The van der Waals surface area contributed by atoms with E-state index in [0.29, 0.717) is 11.8 Å². The van der Waals surface area contributed by atoms with Crippen molar-refractivity contribution in [2.75, 3.05) is 0 Å². The van der Waals surface area contributed by atoms with Gasteiger partial charge in [-0.15, -0.1) is 22.7 Å². The Kier molecular flexibility index (Phi) is 9.79. The molecule has 0 aliphatic carbocycles. The highest BCUT2D eigenvalue weighted by molar-refractivity contribution is 7.09. The summed E-state index contributed by atoms with van der Waals surface area (Å²) in [6.45, 7) is 12.6. The van der Waals surface area contributed by atoms with Crippen LogP contribution < -0.4 is 0 Å². The molecule has 4 heteroatoms. The Balaban J connectivity index is 0.000000283. The van der Waals surface area contributed by atoms with Crippen molar-refractivity contribution in [3.63, 3.8) is 0 Å². The van der Waals surface area contributed by atoms with E-state index in [2.05, 4.69) is 37.7 Å². The SMILES string of the molecule is CC.CC(C)c1nccs1.CC(C)c1nccs1. The van der Waals surface area contributed by atoms with Crippen LogP contribution in [0.25, 0.3) is 0 Å². The highest BCUT2D eigenvalue weighted by atomic mass is 32.1. The van der Waals surface area contributed by atoms with Gasteiger partial charge in [0.05, 0.1) is 10.0 Å². The lowest BCUT2D eigenvalue weighted by Crippen LogP contribution is -1.81. The Morgan fingerprint density at radius 2 is 1.11 bits per heavy atom. The van der Waals surface area contributed by atoms with Crippen molar-refractivity contribution in [1.29, 1.82) is 0 Å². The summed E-state index contributed by atoms with van der Waals surface area (Å²) in [5, 5.41) is 6.47. The zero-order chi connectivity index (χ0) is 14.0. The number of rotatable bonds is 2. The number of hydrogen-bond acceptors (Lipinski definition) is 4. The average molecular weight is 284 g/mol. The summed E-state index contributed by atoms with van der Waals surface area (Å²) in [7, 11) is 0. The minimum absolute atomic E-state index is 0.593. The second-order valence-corrected chi connectivity index (χ2v) is 5.90. The van der Waals surface area contributed by atoms with Crippen LogP contribution in [-0.2, 0) is 0 Å². The summed E-state index contributed by atoms with van der Waals surface area (Å²) in [4.78, 5) is 8.27. The number of thiazole rings is 2. The lowest BCUT2D eigenvalue weighted by Gasteiger charge is -1.93. The van der Waals surface area contributed by atoms with Gasteiger partial charge in [-0.25, -0.2) is 9.97 Å². The Labute approximate surface area is 119 Å². The van der Waals surface area contributed by atoms with E-state index < -0.39 is 0 Å². The van der Waals surface area contributed by atoms with Gasteiger partial charge >= 0.3 is 0 Å². The molecule has 0 amide bonds. The van der Waals surface area contributed by atoms with Crippen molar-refractivity contribution in [1.82, 2.24) is 9.97 Å². The van der Waals surface area contributed by atoms with Gasteiger partial charge in [0.2, 0.25) is 0 Å². The molecule has 0 atom stereocenters. The first kappa shape index (κ1) is 17.3. The molecular formula is C14H24N2S2. The molecule has 0 aliphatic heterocycles. The molecule has 2 aromatic rings. The molecule has 2 aromatic heterocycles. The first-order valence-electron chi connectivity index (χ1n) is 6.40. The van der Waals surface area contributed by atoms with Crippen LogP contribution in [0, 0.1) is 0 Å². The molecule has 0 saturated carbocycles. The second kappa shape index (κ2) is 10.2. The highest BCUT2D eigenvalue weighted by Crippen LogP contribution is 2.15. The molecule has 0 unspecified atom stereocenters. The Hall–Kier alpha value is -0.740. The fraction of sp³-hybridized carbons (Fsp3) is 0.571. The van der Waals surface area contributed by atoms with Crippen molar-refractivity contribution < 1.29 is 0 Å². The summed E-state index contributed by atoms with van der Waals surface area (Å²) in [5.74, 6) is 1.19. The van der Waals surface area contributed by atoms with E-state index in [1.807, 2.05) is 37.0 Å². The van der Waals surface area contributed by atoms with Gasteiger partial charge in [-0.2, -0.15) is 0 Å². The molecule has 2 nitrogen and oxygen atoms in total. The summed E-state index contributed by atoms with van der Waals surface area (Å²) in [6, 6.07) is 0. The normalized spacial score (nSPS) is 9.56. The van der Waals surface area contributed by atoms with E-state index >= 15 is 0 Å². The molecule has 0 saturated heterocycles. The second-order valence-electron chi connectivity index (χ2n) is 4.05. The monoisotopic (exact) mass is 284 g/mol. The first-order chi connectivity index (χ1) is 8.61. The Morgan fingerprint density at radius 3 is 1.22 bits per heavy atom. The van der Waals surface area contributed by atoms with Gasteiger partial charge in [-0.05, 0) is 0 Å². The standard InChI is InChI=1S/2C6H9NS.C2H6/c2*1-5(2)6-7-3-4-8-6;1-2/h2*3-5H,1-2H3;1-2H3. The zero-order valence-corrected chi connectivity index (χ0v) is 13.8. The van der Waals surface area contributed by atoms with Crippen LogP contribution in [0.3, 0.4) is 0 Å². The van der Waals surface area contributed by atoms with Gasteiger partial charge in [0.15, 0.2) is 0 Å². The van der Waals surface area contributed by atoms with Crippen LogP contribution in [0.2, 0.25) is 0 Å². The average Bonchev–Trinajstić information content (AvgIpc) is 3.06. The maximum absolute atomic E-state index is 4.13. The van der Waals surface area contributed by atoms with Crippen LogP contribution in [0.4, 0.5) is 0 Å². The Morgan fingerprint density at radius 1 is 0.778 bits per heavy atom. The largest absolute Gasteiger partial charge is 0.249 e. The van der Waals surface area contributed by atoms with E-state index in [1.165, 1.54) is 10.0 Å². The van der Waals surface area contributed by atoms with Gasteiger partial charge in [0, 0.05) is 35.0 Å². The van der Waals surface area contributed by atoms with Crippen molar-refractivity contribution in [3.05, 3.63) is 33.2 Å². The predicted octanol–water partition coefficient (Wildman–Crippen LogP) is 5.56. The minimum Gasteiger partial charge on any atom is -0.249 e. The molecule has 0 fully saturated rings. The summed E-state index contributed by atoms with van der Waals surface area (Å²) < 4.78 is 0. The molecule has 0 aliphatic rings. The van der Waals surface area contributed by atoms with E-state index in [-0.39, 0.29) is 0 Å². The van der Waals surface area contributed by atoms with Crippen LogP contribution in [-0.4, -0.2) is 9.97 Å². The van der Waals surface area contributed by atoms with E-state index in [4.69, 9.17) is 0 Å². The smallest absolute Gasteiger partial charge is 0.0950 e. The quantitative estimate of drug-likeness (QED) is 0.721. The van der Waals surface area contributed by atoms with Crippen molar-refractivity contribution >= 4 is 22.7 Å². The fourth-order valence-electron chi connectivity index (χ4n) is 1.04. The van der Waals surface area contributed by atoms with E-state index in [9.17, 15) is 0 Å². The summed E-state index contributed by atoms with van der Waals surface area (Å²) in [6.07, 6.45) is 3.69. The molecule has 0 spiro atoms. The minimum atomic E-state index is 0.593. The van der Waals surface area contributed by atoms with Crippen LogP contribution in [0.1, 0.15) is 63.4 Å². The molecule has 0 bridgehead atoms. The molecule has 0 aromatic carbocycles. The van der Waals surface area contributed by atoms with Crippen molar-refractivity contribution in [3.8, 4) is 0 Å². The van der Waals surface area contributed by atoms with Gasteiger partial charge in [-0.3, -0.25) is 0 Å². The molecule has 2 rings (SSSR count). The third-order valence-electron chi connectivity index (χ3n) is 1.89. The maximum atomic E-state index is 4.13. The molecular weight excluding hydrogens is 260 g/mol. The lowest BCUT2D eigenvalue weighted by atomic mass is 10.2. The van der Waals surface area contributed by atoms with Crippen molar-refractivity contribution in [2.45, 2.75) is 53.4 Å². The molecule has 18 heavy (non-hydrogen) atoms. The number of hydrogen-bond donors (Lipinski definition) is 0. The summed E-state index contributed by atoms with van der Waals surface area (Å²) >= 11 is 3.44. The third-order valence-corrected chi connectivity index (χ3v) is 4.04. The highest BCUT2D eigenvalue weighted by Gasteiger charge is 1.98. The number of aromatic nitrogens is 2. The fourth-order valence-corrected chi connectivity index (χ4v) is 2.35. The zero-order valence-electron chi connectivity index (χ0n) is 12.2. The predicted molar refractivity (Wildman–Crippen MR) is 83.8 cm³/mol. The van der Waals surface area contributed by atoms with E-state index in [0.717, 1.165) is 0 Å². The van der Waals surface area contributed by atoms with Gasteiger partial charge in [0.25, 0.3) is 0 Å². The molecule has 0 radical (unpaired) electrons. The van der Waals surface area contributed by atoms with Gasteiger partial charge in [-0.1, -0.05) is 41.5 Å². The topological polar surface area (TPSA) is 25.8 Å². The molecule has 0 N–H and O–H groups in total. The van der Waals surface area contributed by atoms with E-state index in [1.54, 1.807) is 22.7 Å². The summed E-state index contributed by atoms with van der Waals surface area (Å²) in [5.41, 5.74) is 0. The first-order valence-corrected chi connectivity index (χ1v) is 8.16. The van der Waals surface area contributed by atoms with Gasteiger partial charge < -0.3 is 0 Å². The molecule has 2 heterocycles.